The van der Waals surface area contributed by atoms with Crippen LogP contribution in [0.25, 0.3) is 0 Å². The summed E-state index contributed by atoms with van der Waals surface area (Å²) in [5.41, 5.74) is 6.98. The summed E-state index contributed by atoms with van der Waals surface area (Å²) in [7, 11) is 0. The smallest absolute Gasteiger partial charge is 0.167 e. The van der Waals surface area contributed by atoms with E-state index < -0.39 is 5.82 Å². The molecule has 1 aromatic rings. The van der Waals surface area contributed by atoms with E-state index in [-0.39, 0.29) is 5.75 Å². The number of rotatable bonds is 6. The molecule has 0 bridgehead atoms. The van der Waals surface area contributed by atoms with Crippen LogP contribution in [0.3, 0.4) is 0 Å². The van der Waals surface area contributed by atoms with Crippen molar-refractivity contribution in [3.63, 3.8) is 0 Å². The second kappa shape index (κ2) is 7.59. The lowest BCUT2D eigenvalue weighted by molar-refractivity contribution is 0.314. The van der Waals surface area contributed by atoms with E-state index in [2.05, 4.69) is 10.2 Å². The fourth-order valence-electron chi connectivity index (χ4n) is 2.16. The molecular formula is C14H22FN3OS. The van der Waals surface area contributed by atoms with Crippen LogP contribution in [0.1, 0.15) is 6.92 Å². The largest absolute Gasteiger partial charge is 0.491 e. The van der Waals surface area contributed by atoms with Gasteiger partial charge in [-0.3, -0.25) is 4.90 Å². The van der Waals surface area contributed by atoms with Crippen LogP contribution >= 0.6 is 11.8 Å². The molecule has 0 atom stereocenters. The van der Waals surface area contributed by atoms with Gasteiger partial charge in [-0.1, -0.05) is 0 Å². The Morgan fingerprint density at radius 1 is 1.40 bits per heavy atom. The van der Waals surface area contributed by atoms with E-state index in [1.807, 2.05) is 18.7 Å². The zero-order chi connectivity index (χ0) is 14.4. The molecule has 0 radical (unpaired) electrons. The molecule has 0 spiro atoms. The normalized spacial score (nSPS) is 16.1. The van der Waals surface area contributed by atoms with E-state index in [0.717, 1.165) is 31.9 Å². The molecule has 0 saturated carbocycles. The monoisotopic (exact) mass is 299 g/mol. The van der Waals surface area contributed by atoms with Crippen LogP contribution in [0, 0.1) is 5.82 Å². The Hall–Kier alpha value is -1.14. The van der Waals surface area contributed by atoms with Crippen LogP contribution in [-0.2, 0) is 0 Å². The van der Waals surface area contributed by atoms with Crippen LogP contribution in [0.2, 0.25) is 0 Å². The number of hydrogen-bond acceptors (Lipinski definition) is 5. The van der Waals surface area contributed by atoms with Crippen molar-refractivity contribution in [2.45, 2.75) is 6.92 Å². The predicted octanol–water partition coefficient (Wildman–Crippen LogP) is 2.27. The average molecular weight is 299 g/mol. The number of nitrogens with zero attached hydrogens (tertiary/aromatic N) is 1. The summed E-state index contributed by atoms with van der Waals surface area (Å²) in [5, 5.41) is 3.27. The van der Waals surface area contributed by atoms with Crippen molar-refractivity contribution in [3.05, 3.63) is 17.9 Å². The lowest BCUT2D eigenvalue weighted by Crippen LogP contribution is -2.36. The third-order valence-corrected chi connectivity index (χ3v) is 4.19. The van der Waals surface area contributed by atoms with E-state index in [1.54, 1.807) is 6.07 Å². The second-order valence-electron chi connectivity index (χ2n) is 4.68. The molecule has 0 aliphatic carbocycles. The van der Waals surface area contributed by atoms with Crippen molar-refractivity contribution in [2.75, 3.05) is 55.3 Å². The lowest BCUT2D eigenvalue weighted by atomic mass is 10.2. The molecule has 112 valence electrons. The van der Waals surface area contributed by atoms with Crippen LogP contribution in [0.5, 0.6) is 5.75 Å². The SMILES string of the molecule is CCOc1cc(NCCN2CCSCC2)c(N)cc1F. The minimum absolute atomic E-state index is 0.249. The fraction of sp³-hybridized carbons (Fsp3) is 0.571. The third kappa shape index (κ3) is 4.18. The van der Waals surface area contributed by atoms with Gasteiger partial charge in [-0.05, 0) is 6.92 Å². The highest BCUT2D eigenvalue weighted by Crippen LogP contribution is 2.28. The van der Waals surface area contributed by atoms with Crippen LogP contribution in [0.15, 0.2) is 12.1 Å². The molecule has 0 aromatic heterocycles. The molecule has 1 heterocycles. The van der Waals surface area contributed by atoms with E-state index in [1.165, 1.54) is 17.6 Å². The molecule has 1 fully saturated rings. The van der Waals surface area contributed by atoms with Crippen molar-refractivity contribution in [1.82, 2.24) is 4.90 Å². The van der Waals surface area contributed by atoms with Gasteiger partial charge in [0.05, 0.1) is 18.0 Å². The standard InChI is InChI=1S/C14H22FN3OS/c1-2-19-14-10-13(12(16)9-11(14)15)17-3-4-18-5-7-20-8-6-18/h9-10,17H,2-8,16H2,1H3. The van der Waals surface area contributed by atoms with E-state index in [4.69, 9.17) is 10.5 Å². The van der Waals surface area contributed by atoms with Crippen molar-refractivity contribution < 1.29 is 9.13 Å². The van der Waals surface area contributed by atoms with Gasteiger partial charge in [0.25, 0.3) is 0 Å². The molecule has 0 unspecified atom stereocenters. The number of anilines is 2. The summed E-state index contributed by atoms with van der Waals surface area (Å²) in [6.45, 7) is 6.31. The van der Waals surface area contributed by atoms with Gasteiger partial charge in [-0.25, -0.2) is 4.39 Å². The van der Waals surface area contributed by atoms with Gasteiger partial charge in [-0.2, -0.15) is 11.8 Å². The van der Waals surface area contributed by atoms with E-state index >= 15 is 0 Å². The number of nitrogens with one attached hydrogen (secondary N) is 1. The van der Waals surface area contributed by atoms with Crippen LogP contribution in [0.4, 0.5) is 15.8 Å². The molecule has 1 aromatic carbocycles. The summed E-state index contributed by atoms with van der Waals surface area (Å²) >= 11 is 2.00. The lowest BCUT2D eigenvalue weighted by Gasteiger charge is -2.26. The summed E-state index contributed by atoms with van der Waals surface area (Å²) in [6, 6.07) is 2.95. The minimum atomic E-state index is -0.414. The Bertz CT molecular complexity index is 439. The number of hydrogen-bond donors (Lipinski definition) is 2. The molecule has 4 nitrogen and oxygen atoms in total. The topological polar surface area (TPSA) is 50.5 Å². The number of ether oxygens (including phenoxy) is 1. The second-order valence-corrected chi connectivity index (χ2v) is 5.91. The van der Waals surface area contributed by atoms with Gasteiger partial charge in [0.1, 0.15) is 0 Å². The quantitative estimate of drug-likeness (QED) is 0.789. The van der Waals surface area contributed by atoms with E-state index in [0.29, 0.717) is 12.3 Å². The molecule has 1 aliphatic heterocycles. The Kier molecular flexibility index (Phi) is 5.79. The number of nitrogens with two attached hydrogens (primary N) is 1. The molecule has 6 heteroatoms. The Balaban J connectivity index is 1.89. The van der Waals surface area contributed by atoms with Crippen molar-refractivity contribution in [3.8, 4) is 5.75 Å². The first kappa shape index (κ1) is 15.3. The first-order valence-electron chi connectivity index (χ1n) is 6.96. The van der Waals surface area contributed by atoms with Crippen molar-refractivity contribution in [2.24, 2.45) is 0 Å². The number of benzene rings is 1. The summed E-state index contributed by atoms with van der Waals surface area (Å²) < 4.78 is 18.8. The maximum absolute atomic E-state index is 13.6. The van der Waals surface area contributed by atoms with Gasteiger partial charge in [-0.15, -0.1) is 0 Å². The summed E-state index contributed by atoms with van der Waals surface area (Å²) in [6.07, 6.45) is 0. The number of thioether (sulfide) groups is 1. The minimum Gasteiger partial charge on any atom is -0.491 e. The van der Waals surface area contributed by atoms with Crippen molar-refractivity contribution >= 4 is 23.1 Å². The maximum atomic E-state index is 13.6. The highest BCUT2D eigenvalue weighted by molar-refractivity contribution is 7.99. The van der Waals surface area contributed by atoms with Gasteiger partial charge in [0.2, 0.25) is 0 Å². The van der Waals surface area contributed by atoms with Crippen LogP contribution in [-0.4, -0.2) is 49.2 Å². The number of halogens is 1. The summed E-state index contributed by atoms with van der Waals surface area (Å²) in [5.74, 6) is 2.24. The highest BCUT2D eigenvalue weighted by Gasteiger charge is 2.11. The number of nitrogen functional groups attached to an aromatic ring is 1. The van der Waals surface area contributed by atoms with E-state index in [9.17, 15) is 4.39 Å². The molecule has 2 rings (SSSR count). The van der Waals surface area contributed by atoms with Gasteiger partial charge in [0, 0.05) is 49.8 Å². The third-order valence-electron chi connectivity index (χ3n) is 3.25. The maximum Gasteiger partial charge on any atom is 0.167 e. The predicted molar refractivity (Wildman–Crippen MR) is 84.2 cm³/mol. The van der Waals surface area contributed by atoms with Gasteiger partial charge >= 0.3 is 0 Å². The van der Waals surface area contributed by atoms with Gasteiger partial charge in [0.15, 0.2) is 11.6 Å². The molecular weight excluding hydrogens is 277 g/mol. The zero-order valence-corrected chi connectivity index (χ0v) is 12.6. The average Bonchev–Trinajstić information content (AvgIpc) is 2.45. The molecule has 0 amide bonds. The van der Waals surface area contributed by atoms with Crippen LogP contribution < -0.4 is 15.8 Å². The van der Waals surface area contributed by atoms with Gasteiger partial charge < -0.3 is 15.8 Å². The highest BCUT2D eigenvalue weighted by atomic mass is 32.2. The Labute approximate surface area is 123 Å². The molecule has 20 heavy (non-hydrogen) atoms. The summed E-state index contributed by atoms with van der Waals surface area (Å²) in [4.78, 5) is 2.42. The zero-order valence-electron chi connectivity index (χ0n) is 11.8. The Morgan fingerprint density at radius 3 is 2.85 bits per heavy atom. The molecule has 1 aliphatic rings. The fourth-order valence-corrected chi connectivity index (χ4v) is 3.14. The van der Waals surface area contributed by atoms with Crippen molar-refractivity contribution in [1.29, 1.82) is 0 Å². The molecule has 3 N–H and O–H groups in total. The first-order valence-corrected chi connectivity index (χ1v) is 8.12. The molecule has 1 saturated heterocycles. The Morgan fingerprint density at radius 2 is 2.15 bits per heavy atom. The first-order chi connectivity index (χ1) is 9.70.